The minimum Gasteiger partial charge on any atom is -0.317 e. The van der Waals surface area contributed by atoms with Crippen molar-refractivity contribution in [1.82, 2.24) is 15.1 Å². The zero-order chi connectivity index (χ0) is 13.9. The molecule has 1 aliphatic heterocycles. The molecule has 0 aliphatic carbocycles. The van der Waals surface area contributed by atoms with Crippen molar-refractivity contribution in [3.8, 4) is 17.2 Å². The zero-order valence-electron chi connectivity index (χ0n) is 11.0. The molecule has 2 heterocycles. The van der Waals surface area contributed by atoms with Crippen LogP contribution in [0.1, 0.15) is 24.4 Å². The van der Waals surface area contributed by atoms with Crippen LogP contribution in [0.15, 0.2) is 35.1 Å². The molecular weight excluding hydrogens is 316 g/mol. The third-order valence-corrected chi connectivity index (χ3v) is 4.19. The van der Waals surface area contributed by atoms with Gasteiger partial charge in [0.05, 0.1) is 23.9 Å². The number of piperidine rings is 1. The lowest BCUT2D eigenvalue weighted by molar-refractivity contribution is 0.343. The van der Waals surface area contributed by atoms with E-state index in [1.807, 2.05) is 29.1 Å². The van der Waals surface area contributed by atoms with Crippen molar-refractivity contribution in [3.63, 3.8) is 0 Å². The highest BCUT2D eigenvalue weighted by atomic mass is 79.9. The van der Waals surface area contributed by atoms with Crippen LogP contribution in [0, 0.1) is 11.3 Å². The molecule has 5 heteroatoms. The summed E-state index contributed by atoms with van der Waals surface area (Å²) in [5.41, 5.74) is 2.62. The maximum atomic E-state index is 9.25. The van der Waals surface area contributed by atoms with Gasteiger partial charge >= 0.3 is 0 Å². The van der Waals surface area contributed by atoms with E-state index in [-0.39, 0.29) is 0 Å². The minimum absolute atomic E-state index is 0.464. The van der Waals surface area contributed by atoms with Crippen molar-refractivity contribution in [1.29, 1.82) is 5.26 Å². The average molecular weight is 331 g/mol. The van der Waals surface area contributed by atoms with Crippen LogP contribution in [0.3, 0.4) is 0 Å². The van der Waals surface area contributed by atoms with Crippen molar-refractivity contribution in [2.45, 2.75) is 18.9 Å². The molecule has 20 heavy (non-hydrogen) atoms. The van der Waals surface area contributed by atoms with Crippen LogP contribution in [0.25, 0.3) is 11.1 Å². The summed E-state index contributed by atoms with van der Waals surface area (Å²) in [7, 11) is 0. The van der Waals surface area contributed by atoms with E-state index in [1.165, 1.54) is 0 Å². The molecule has 1 aromatic carbocycles. The van der Waals surface area contributed by atoms with Crippen molar-refractivity contribution >= 4 is 15.9 Å². The van der Waals surface area contributed by atoms with Crippen molar-refractivity contribution in [2.75, 3.05) is 13.1 Å². The summed E-state index contributed by atoms with van der Waals surface area (Å²) in [6.45, 7) is 2.09. The van der Waals surface area contributed by atoms with Crippen LogP contribution in [0.4, 0.5) is 0 Å². The van der Waals surface area contributed by atoms with Gasteiger partial charge in [-0.15, -0.1) is 0 Å². The molecule has 1 aliphatic rings. The van der Waals surface area contributed by atoms with Gasteiger partial charge in [-0.1, -0.05) is 22.0 Å². The molecule has 2 aromatic rings. The second kappa shape index (κ2) is 5.78. The molecule has 1 saturated heterocycles. The Balaban J connectivity index is 1.92. The standard InChI is InChI=1S/C15H15BrN4/c16-13-1-2-15(11(7-13)8-17)12-9-19-20(10-12)14-3-5-18-6-4-14/h1-2,7,9-10,14,18H,3-6H2. The van der Waals surface area contributed by atoms with Crippen LogP contribution in [-0.2, 0) is 0 Å². The van der Waals surface area contributed by atoms with E-state index in [0.29, 0.717) is 11.6 Å². The Morgan fingerprint density at radius 1 is 1.35 bits per heavy atom. The number of halogens is 1. The summed E-state index contributed by atoms with van der Waals surface area (Å²) in [6.07, 6.45) is 6.12. The number of nitrogens with one attached hydrogen (secondary N) is 1. The number of benzene rings is 1. The van der Waals surface area contributed by atoms with Crippen molar-refractivity contribution in [3.05, 3.63) is 40.6 Å². The first-order valence-corrected chi connectivity index (χ1v) is 7.52. The predicted molar refractivity (Wildman–Crippen MR) is 81.2 cm³/mol. The normalized spacial score (nSPS) is 16.0. The monoisotopic (exact) mass is 330 g/mol. The fraction of sp³-hybridized carbons (Fsp3) is 0.333. The Morgan fingerprint density at radius 3 is 2.90 bits per heavy atom. The quantitative estimate of drug-likeness (QED) is 0.920. The topological polar surface area (TPSA) is 53.6 Å². The van der Waals surface area contributed by atoms with Gasteiger partial charge < -0.3 is 5.32 Å². The van der Waals surface area contributed by atoms with Gasteiger partial charge in [-0.3, -0.25) is 4.68 Å². The van der Waals surface area contributed by atoms with E-state index in [9.17, 15) is 5.26 Å². The third-order valence-electron chi connectivity index (χ3n) is 3.70. The van der Waals surface area contributed by atoms with Crippen molar-refractivity contribution < 1.29 is 0 Å². The van der Waals surface area contributed by atoms with Crippen LogP contribution in [0.5, 0.6) is 0 Å². The fourth-order valence-electron chi connectivity index (χ4n) is 2.61. The summed E-state index contributed by atoms with van der Waals surface area (Å²) < 4.78 is 2.96. The number of nitrogens with zero attached hydrogens (tertiary/aromatic N) is 3. The van der Waals surface area contributed by atoms with Gasteiger partial charge in [0.15, 0.2) is 0 Å². The van der Waals surface area contributed by atoms with Gasteiger partial charge in [0.1, 0.15) is 0 Å². The number of hydrogen-bond donors (Lipinski definition) is 1. The smallest absolute Gasteiger partial charge is 0.0998 e. The van der Waals surface area contributed by atoms with E-state index in [1.54, 1.807) is 0 Å². The summed E-state index contributed by atoms with van der Waals surface area (Å²) in [5, 5.41) is 17.1. The minimum atomic E-state index is 0.464. The van der Waals surface area contributed by atoms with Crippen LogP contribution >= 0.6 is 15.9 Å². The lowest BCUT2D eigenvalue weighted by atomic mass is 10.0. The predicted octanol–water partition coefficient (Wildman–Crippen LogP) is 3.11. The Kier molecular flexibility index (Phi) is 3.86. The number of nitriles is 1. The Labute approximate surface area is 126 Å². The second-order valence-electron chi connectivity index (χ2n) is 4.99. The number of hydrogen-bond acceptors (Lipinski definition) is 3. The first-order valence-electron chi connectivity index (χ1n) is 6.73. The molecular formula is C15H15BrN4. The molecule has 4 nitrogen and oxygen atoms in total. The molecule has 102 valence electrons. The number of rotatable bonds is 2. The highest BCUT2D eigenvalue weighted by Crippen LogP contribution is 2.27. The van der Waals surface area contributed by atoms with Gasteiger partial charge in [-0.25, -0.2) is 0 Å². The van der Waals surface area contributed by atoms with Gasteiger partial charge in [-0.2, -0.15) is 10.4 Å². The zero-order valence-corrected chi connectivity index (χ0v) is 12.6. The molecule has 3 rings (SSSR count). The Morgan fingerprint density at radius 2 is 2.15 bits per heavy atom. The summed E-state index contributed by atoms with van der Waals surface area (Å²) >= 11 is 3.40. The van der Waals surface area contributed by atoms with E-state index in [0.717, 1.165) is 41.5 Å². The highest BCUT2D eigenvalue weighted by Gasteiger charge is 2.16. The first-order chi connectivity index (χ1) is 9.78. The molecule has 1 fully saturated rings. The van der Waals surface area contributed by atoms with Crippen LogP contribution in [0.2, 0.25) is 0 Å². The number of aromatic nitrogens is 2. The molecule has 0 saturated carbocycles. The summed E-state index contributed by atoms with van der Waals surface area (Å²) in [6, 6.07) is 8.48. The highest BCUT2D eigenvalue weighted by molar-refractivity contribution is 9.10. The molecule has 0 unspecified atom stereocenters. The molecule has 0 radical (unpaired) electrons. The van der Waals surface area contributed by atoms with Crippen LogP contribution in [-0.4, -0.2) is 22.9 Å². The van der Waals surface area contributed by atoms with Gasteiger partial charge in [-0.05, 0) is 38.1 Å². The third kappa shape index (κ3) is 2.62. The fourth-order valence-corrected chi connectivity index (χ4v) is 2.97. The molecule has 0 amide bonds. The Bertz CT molecular complexity index is 650. The van der Waals surface area contributed by atoms with E-state index in [4.69, 9.17) is 0 Å². The summed E-state index contributed by atoms with van der Waals surface area (Å²) in [5.74, 6) is 0. The second-order valence-corrected chi connectivity index (χ2v) is 5.91. The van der Waals surface area contributed by atoms with E-state index < -0.39 is 0 Å². The maximum Gasteiger partial charge on any atom is 0.0998 e. The van der Waals surface area contributed by atoms with Gasteiger partial charge in [0.2, 0.25) is 0 Å². The van der Waals surface area contributed by atoms with Crippen molar-refractivity contribution in [2.24, 2.45) is 0 Å². The van der Waals surface area contributed by atoms with E-state index >= 15 is 0 Å². The Hall–Kier alpha value is -1.64. The molecule has 0 bridgehead atoms. The maximum absolute atomic E-state index is 9.25. The molecule has 1 aromatic heterocycles. The van der Waals surface area contributed by atoms with Gasteiger partial charge in [0, 0.05) is 21.8 Å². The van der Waals surface area contributed by atoms with Crippen LogP contribution < -0.4 is 5.32 Å². The molecule has 0 spiro atoms. The van der Waals surface area contributed by atoms with E-state index in [2.05, 4.69) is 38.6 Å². The first kappa shape index (κ1) is 13.3. The molecule has 0 atom stereocenters. The van der Waals surface area contributed by atoms with Gasteiger partial charge in [0.25, 0.3) is 0 Å². The largest absolute Gasteiger partial charge is 0.317 e. The lowest BCUT2D eigenvalue weighted by Crippen LogP contribution is -2.29. The lowest BCUT2D eigenvalue weighted by Gasteiger charge is -2.22. The molecule has 1 N–H and O–H groups in total. The average Bonchev–Trinajstić information content (AvgIpc) is 2.97. The SMILES string of the molecule is N#Cc1cc(Br)ccc1-c1cnn(C2CCNCC2)c1. The summed E-state index contributed by atoms with van der Waals surface area (Å²) in [4.78, 5) is 0.